The second kappa shape index (κ2) is 7.70. The Morgan fingerprint density at radius 2 is 1.87 bits per heavy atom. The van der Waals surface area contributed by atoms with Crippen LogP contribution in [0.1, 0.15) is 37.6 Å². The Balaban J connectivity index is 2.12. The number of H-pyrrole nitrogens is 1. The van der Waals surface area contributed by atoms with Crippen molar-refractivity contribution in [1.29, 1.82) is 0 Å². The molecule has 0 aliphatic heterocycles. The summed E-state index contributed by atoms with van der Waals surface area (Å²) in [4.78, 5) is 8.91. The van der Waals surface area contributed by atoms with Crippen LogP contribution in [-0.4, -0.2) is 52.2 Å². The van der Waals surface area contributed by atoms with Crippen molar-refractivity contribution < 1.29 is 0 Å². The molecule has 0 aliphatic rings. The van der Waals surface area contributed by atoms with Crippen molar-refractivity contribution in [2.45, 2.75) is 39.3 Å². The summed E-state index contributed by atoms with van der Waals surface area (Å²) in [5.74, 6) is 0. The lowest BCUT2D eigenvalue weighted by atomic mass is 9.89. The molecule has 5 nitrogen and oxygen atoms in total. The molecule has 0 amide bonds. The van der Waals surface area contributed by atoms with Crippen molar-refractivity contribution >= 4 is 0 Å². The van der Waals surface area contributed by atoms with Crippen LogP contribution in [0.15, 0.2) is 30.7 Å². The molecule has 2 heterocycles. The number of nitrogens with zero attached hydrogens (tertiary/aromatic N) is 4. The molecule has 0 unspecified atom stereocenters. The molecule has 0 radical (unpaired) electrons. The summed E-state index contributed by atoms with van der Waals surface area (Å²) in [6.07, 6.45) is 5.73. The fraction of sp³-hybridized carbons (Fsp3) is 0.556. The Kier molecular flexibility index (Phi) is 5.91. The van der Waals surface area contributed by atoms with E-state index in [1.165, 1.54) is 16.8 Å². The van der Waals surface area contributed by atoms with E-state index in [2.05, 4.69) is 65.9 Å². The number of aromatic amines is 1. The van der Waals surface area contributed by atoms with Crippen LogP contribution in [0.5, 0.6) is 0 Å². The van der Waals surface area contributed by atoms with Gasteiger partial charge in [-0.3, -0.25) is 15.0 Å². The molecular weight excluding hydrogens is 286 g/mol. The van der Waals surface area contributed by atoms with Gasteiger partial charge in [-0.2, -0.15) is 5.10 Å². The molecular formula is C18H29N5. The lowest BCUT2D eigenvalue weighted by Crippen LogP contribution is -2.31. The molecule has 0 spiro atoms. The zero-order valence-electron chi connectivity index (χ0n) is 15.0. The lowest BCUT2D eigenvalue weighted by molar-refractivity contribution is 0.224. The SMILES string of the molecule is CN(C)CCN(Cc1cccnc1)Cc1cn[nH]c1C(C)(C)C. The number of rotatable bonds is 7. The molecule has 126 valence electrons. The minimum absolute atomic E-state index is 0.0767. The molecule has 0 aromatic carbocycles. The molecule has 2 rings (SSSR count). The van der Waals surface area contributed by atoms with Gasteiger partial charge in [-0.05, 0) is 25.7 Å². The van der Waals surface area contributed by atoms with Gasteiger partial charge in [-0.25, -0.2) is 0 Å². The quantitative estimate of drug-likeness (QED) is 0.853. The van der Waals surface area contributed by atoms with Crippen molar-refractivity contribution in [2.75, 3.05) is 27.2 Å². The van der Waals surface area contributed by atoms with Crippen LogP contribution in [0.3, 0.4) is 0 Å². The summed E-state index contributed by atoms with van der Waals surface area (Å²) in [5.41, 5.74) is 3.82. The van der Waals surface area contributed by atoms with Crippen LogP contribution in [0.4, 0.5) is 0 Å². The normalized spacial score (nSPS) is 12.3. The highest BCUT2D eigenvalue weighted by molar-refractivity contribution is 5.23. The third-order valence-electron chi connectivity index (χ3n) is 3.85. The fourth-order valence-electron chi connectivity index (χ4n) is 2.63. The van der Waals surface area contributed by atoms with Gasteiger partial charge in [-0.15, -0.1) is 0 Å². The Bertz CT molecular complexity index is 583. The smallest absolute Gasteiger partial charge is 0.0535 e. The summed E-state index contributed by atoms with van der Waals surface area (Å²) in [5, 5.41) is 7.45. The van der Waals surface area contributed by atoms with Gasteiger partial charge in [0, 0.05) is 55.2 Å². The highest BCUT2D eigenvalue weighted by atomic mass is 15.2. The molecule has 0 saturated heterocycles. The number of hydrogen-bond donors (Lipinski definition) is 1. The highest BCUT2D eigenvalue weighted by Crippen LogP contribution is 2.24. The van der Waals surface area contributed by atoms with Gasteiger partial charge in [0.25, 0.3) is 0 Å². The molecule has 0 saturated carbocycles. The van der Waals surface area contributed by atoms with E-state index in [1.54, 1.807) is 0 Å². The zero-order valence-corrected chi connectivity index (χ0v) is 15.0. The number of nitrogens with one attached hydrogen (secondary N) is 1. The van der Waals surface area contributed by atoms with Gasteiger partial charge in [0.05, 0.1) is 6.20 Å². The predicted octanol–water partition coefficient (Wildman–Crippen LogP) is 2.67. The zero-order chi connectivity index (χ0) is 16.9. The van der Waals surface area contributed by atoms with E-state index in [1.807, 2.05) is 24.7 Å². The van der Waals surface area contributed by atoms with Gasteiger partial charge in [0.1, 0.15) is 0 Å². The van der Waals surface area contributed by atoms with Crippen LogP contribution in [-0.2, 0) is 18.5 Å². The lowest BCUT2D eigenvalue weighted by Gasteiger charge is -2.26. The molecule has 23 heavy (non-hydrogen) atoms. The summed E-state index contributed by atoms with van der Waals surface area (Å²) < 4.78 is 0. The summed E-state index contributed by atoms with van der Waals surface area (Å²) >= 11 is 0. The highest BCUT2D eigenvalue weighted by Gasteiger charge is 2.21. The van der Waals surface area contributed by atoms with Gasteiger partial charge < -0.3 is 4.90 Å². The van der Waals surface area contributed by atoms with Gasteiger partial charge in [-0.1, -0.05) is 26.8 Å². The first kappa shape index (κ1) is 17.6. The maximum Gasteiger partial charge on any atom is 0.0535 e. The minimum Gasteiger partial charge on any atom is -0.308 e. The van der Waals surface area contributed by atoms with Crippen LogP contribution >= 0.6 is 0 Å². The van der Waals surface area contributed by atoms with E-state index in [0.717, 1.165) is 26.2 Å². The largest absolute Gasteiger partial charge is 0.308 e. The van der Waals surface area contributed by atoms with Gasteiger partial charge in [0.2, 0.25) is 0 Å². The topological polar surface area (TPSA) is 48.1 Å². The number of likely N-dealkylation sites (N-methyl/N-ethyl adjacent to an activating group) is 1. The van der Waals surface area contributed by atoms with Crippen molar-refractivity contribution in [3.05, 3.63) is 47.5 Å². The fourth-order valence-corrected chi connectivity index (χ4v) is 2.63. The summed E-state index contributed by atoms with van der Waals surface area (Å²) in [6, 6.07) is 4.13. The van der Waals surface area contributed by atoms with E-state index >= 15 is 0 Å². The third-order valence-corrected chi connectivity index (χ3v) is 3.85. The van der Waals surface area contributed by atoms with Crippen molar-refractivity contribution in [2.24, 2.45) is 0 Å². The number of aromatic nitrogens is 3. The van der Waals surface area contributed by atoms with Gasteiger partial charge >= 0.3 is 0 Å². The van der Waals surface area contributed by atoms with E-state index in [0.29, 0.717) is 0 Å². The molecule has 2 aromatic heterocycles. The summed E-state index contributed by atoms with van der Waals surface area (Å²) in [6.45, 7) is 10.5. The molecule has 0 bridgehead atoms. The van der Waals surface area contributed by atoms with Crippen molar-refractivity contribution in [3.63, 3.8) is 0 Å². The second-order valence-electron chi connectivity index (χ2n) is 7.40. The second-order valence-corrected chi connectivity index (χ2v) is 7.40. The monoisotopic (exact) mass is 315 g/mol. The first-order valence-electron chi connectivity index (χ1n) is 8.15. The minimum atomic E-state index is 0.0767. The number of hydrogen-bond acceptors (Lipinski definition) is 4. The molecule has 5 heteroatoms. The average molecular weight is 315 g/mol. The van der Waals surface area contributed by atoms with Crippen molar-refractivity contribution in [1.82, 2.24) is 25.0 Å². The van der Waals surface area contributed by atoms with E-state index in [9.17, 15) is 0 Å². The Morgan fingerprint density at radius 1 is 1.09 bits per heavy atom. The maximum atomic E-state index is 4.27. The van der Waals surface area contributed by atoms with Crippen LogP contribution in [0.25, 0.3) is 0 Å². The van der Waals surface area contributed by atoms with E-state index < -0.39 is 0 Å². The Labute approximate surface area is 139 Å². The standard InChI is InChI=1S/C18H29N5/c1-18(2,3)17-16(12-20-21-17)14-23(10-9-22(4)5)13-15-7-6-8-19-11-15/h6-8,11-12H,9-10,13-14H2,1-5H3,(H,20,21). The van der Waals surface area contributed by atoms with E-state index in [4.69, 9.17) is 0 Å². The van der Waals surface area contributed by atoms with Crippen LogP contribution in [0, 0.1) is 0 Å². The first-order valence-corrected chi connectivity index (χ1v) is 8.15. The molecule has 0 fully saturated rings. The molecule has 2 aromatic rings. The average Bonchev–Trinajstić information content (AvgIpc) is 2.94. The maximum absolute atomic E-state index is 4.27. The Morgan fingerprint density at radius 3 is 2.48 bits per heavy atom. The molecule has 0 atom stereocenters. The number of pyridine rings is 1. The molecule has 1 N–H and O–H groups in total. The molecule has 0 aliphatic carbocycles. The van der Waals surface area contributed by atoms with Crippen LogP contribution < -0.4 is 0 Å². The van der Waals surface area contributed by atoms with Crippen molar-refractivity contribution in [3.8, 4) is 0 Å². The van der Waals surface area contributed by atoms with Crippen LogP contribution in [0.2, 0.25) is 0 Å². The Hall–Kier alpha value is -1.72. The third kappa shape index (κ3) is 5.44. The summed E-state index contributed by atoms with van der Waals surface area (Å²) in [7, 11) is 4.22. The predicted molar refractivity (Wildman–Crippen MR) is 94.2 cm³/mol. The van der Waals surface area contributed by atoms with Gasteiger partial charge in [0.15, 0.2) is 0 Å². The van der Waals surface area contributed by atoms with E-state index in [-0.39, 0.29) is 5.41 Å². The first-order chi connectivity index (χ1) is 10.9.